The van der Waals surface area contributed by atoms with Gasteiger partial charge in [0.2, 0.25) is 0 Å². The lowest BCUT2D eigenvalue weighted by Crippen LogP contribution is -2.35. The molecule has 2 aliphatic rings. The summed E-state index contributed by atoms with van der Waals surface area (Å²) < 4.78 is 0. The van der Waals surface area contributed by atoms with Crippen molar-refractivity contribution in [1.82, 2.24) is 0 Å². The fourth-order valence-corrected chi connectivity index (χ4v) is 8.29. The summed E-state index contributed by atoms with van der Waals surface area (Å²) in [5.41, 5.74) is 2.09. The van der Waals surface area contributed by atoms with Gasteiger partial charge in [-0.05, 0) is 72.5 Å². The third kappa shape index (κ3) is 6.34. The Labute approximate surface area is 149 Å². The first kappa shape index (κ1) is 21.5. The third-order valence-corrected chi connectivity index (χ3v) is 8.66. The van der Waals surface area contributed by atoms with Crippen molar-refractivity contribution < 1.29 is 0 Å². The molecule has 138 valence electrons. The van der Waals surface area contributed by atoms with E-state index >= 15 is 0 Å². The van der Waals surface area contributed by atoms with E-state index in [0.717, 1.165) is 46.8 Å². The number of hydrogen-bond donors (Lipinski definition) is 0. The van der Waals surface area contributed by atoms with Gasteiger partial charge in [0.15, 0.2) is 0 Å². The minimum Gasteiger partial charge on any atom is -0.115 e. The molecule has 2 rings (SSSR count). The first-order valence-corrected chi connectivity index (χ1v) is 11.8. The molecule has 0 radical (unpaired) electrons. The van der Waals surface area contributed by atoms with Crippen LogP contribution in [0.1, 0.15) is 93.9 Å². The predicted octanol–water partition coefficient (Wildman–Crippen LogP) is 7.61. The second-order valence-electron chi connectivity index (χ2n) is 9.03. The van der Waals surface area contributed by atoms with Crippen molar-refractivity contribution in [3.63, 3.8) is 0 Å². The van der Waals surface area contributed by atoms with Crippen molar-refractivity contribution in [1.29, 1.82) is 0 Å². The van der Waals surface area contributed by atoms with Gasteiger partial charge in [-0.3, -0.25) is 0 Å². The summed E-state index contributed by atoms with van der Waals surface area (Å²) in [6.07, 6.45) is 9.03. The molecule has 0 amide bonds. The van der Waals surface area contributed by atoms with Gasteiger partial charge >= 0.3 is 0 Å². The average molecular weight is 341 g/mol. The van der Waals surface area contributed by atoms with E-state index in [-0.39, 0.29) is 0 Å². The monoisotopic (exact) mass is 340 g/mol. The molecular weight excluding hydrogens is 295 g/mol. The zero-order chi connectivity index (χ0) is 17.6. The molecule has 0 spiro atoms. The fourth-order valence-electron chi connectivity index (χ4n) is 5.06. The zero-order valence-corrected chi connectivity index (χ0v) is 18.4. The molecule has 0 aromatic carbocycles. The molecule has 0 aromatic rings. The summed E-state index contributed by atoms with van der Waals surface area (Å²) in [6.45, 7) is 18.9. The highest BCUT2D eigenvalue weighted by Gasteiger charge is 2.37. The molecule has 23 heavy (non-hydrogen) atoms. The first-order chi connectivity index (χ1) is 10.9. The van der Waals surface area contributed by atoms with E-state index < -0.39 is 0 Å². The van der Waals surface area contributed by atoms with E-state index in [4.69, 9.17) is 0 Å². The second kappa shape index (κ2) is 10.4. The van der Waals surface area contributed by atoms with Crippen molar-refractivity contribution >= 4 is 8.58 Å². The maximum Gasteiger partial charge on any atom is -0.0201 e. The van der Waals surface area contributed by atoms with Gasteiger partial charge in [-0.2, -0.15) is 0 Å². The summed E-state index contributed by atoms with van der Waals surface area (Å²) in [5, 5.41) is 0. The molecule has 0 aromatic heterocycles. The molecule has 0 bridgehead atoms. The van der Waals surface area contributed by atoms with Crippen LogP contribution in [0.3, 0.4) is 0 Å². The highest BCUT2D eigenvalue weighted by Crippen LogP contribution is 2.51. The predicted molar refractivity (Wildman–Crippen MR) is 110 cm³/mol. The van der Waals surface area contributed by atoms with Gasteiger partial charge in [0.1, 0.15) is 0 Å². The van der Waals surface area contributed by atoms with Crippen LogP contribution in [0.25, 0.3) is 0 Å². The van der Waals surface area contributed by atoms with Gasteiger partial charge in [-0.1, -0.05) is 68.2 Å². The first-order valence-electron chi connectivity index (χ1n) is 10.6. The fraction of sp³-hybridized carbons (Fsp3) is 1.00. The van der Waals surface area contributed by atoms with Crippen LogP contribution < -0.4 is 0 Å². The Balaban J connectivity index is 0.00000127. The molecule has 0 aliphatic heterocycles. The molecule has 3 unspecified atom stereocenters. The van der Waals surface area contributed by atoms with E-state index in [0.29, 0.717) is 0 Å². The van der Waals surface area contributed by atoms with Gasteiger partial charge in [-0.25, -0.2) is 0 Å². The molecule has 0 N–H and O–H groups in total. The molecule has 7 atom stereocenters. The summed E-state index contributed by atoms with van der Waals surface area (Å²) in [7, 11) is 1.25. The van der Waals surface area contributed by atoms with Crippen LogP contribution in [0.4, 0.5) is 0 Å². The Morgan fingerprint density at radius 1 is 0.652 bits per heavy atom. The lowest BCUT2D eigenvalue weighted by Gasteiger charge is -2.44. The molecule has 0 heterocycles. The molecule has 0 nitrogen and oxygen atoms in total. The van der Waals surface area contributed by atoms with E-state index in [1.807, 2.05) is 13.8 Å². The Morgan fingerprint density at radius 3 is 1.30 bits per heavy atom. The van der Waals surface area contributed by atoms with E-state index in [1.54, 1.807) is 0 Å². The largest absolute Gasteiger partial charge is 0.115 e. The van der Waals surface area contributed by atoms with Gasteiger partial charge in [0, 0.05) is 0 Å². The number of hydrogen-bond acceptors (Lipinski definition) is 0. The smallest absolute Gasteiger partial charge is 0.0201 e. The van der Waals surface area contributed by atoms with Gasteiger partial charge < -0.3 is 0 Å². The summed E-state index contributed by atoms with van der Waals surface area (Å²) >= 11 is 0. The minimum absolute atomic E-state index is 0.897. The van der Waals surface area contributed by atoms with Gasteiger partial charge in [0.25, 0.3) is 0 Å². The maximum atomic E-state index is 2.50. The molecule has 2 aliphatic carbocycles. The van der Waals surface area contributed by atoms with E-state index in [2.05, 4.69) is 41.5 Å². The molecule has 0 saturated heterocycles. The van der Waals surface area contributed by atoms with Crippen molar-refractivity contribution in [2.24, 2.45) is 35.5 Å². The van der Waals surface area contributed by atoms with Crippen LogP contribution in [0.5, 0.6) is 0 Å². The Bertz CT molecular complexity index is 279. The van der Waals surface area contributed by atoms with Crippen molar-refractivity contribution in [2.75, 3.05) is 0 Å². The van der Waals surface area contributed by atoms with E-state index in [9.17, 15) is 0 Å². The Hall–Kier alpha value is 0.430. The van der Waals surface area contributed by atoms with Crippen molar-refractivity contribution in [3.05, 3.63) is 0 Å². The molecule has 2 fully saturated rings. The highest BCUT2D eigenvalue weighted by atomic mass is 31.1. The van der Waals surface area contributed by atoms with Crippen LogP contribution in [0, 0.1) is 35.5 Å². The summed E-state index contributed by atoms with van der Waals surface area (Å²) in [6, 6.07) is 0. The van der Waals surface area contributed by atoms with Crippen LogP contribution in [-0.2, 0) is 0 Å². The standard InChI is InChI=1S/C20H39P.C2H6/c1-13(2)17-9-7-15(5)11-19(17)21-20-12-16(6)8-10-18(20)14(3)4;1-2/h13-21H,7-12H2,1-6H3;1-2H3/t15-,16+,17+,18-,19?,20?;. The van der Waals surface area contributed by atoms with Crippen molar-refractivity contribution in [3.8, 4) is 0 Å². The normalized spacial score (nSPS) is 38.9. The third-order valence-electron chi connectivity index (χ3n) is 6.47. The average Bonchev–Trinajstić information content (AvgIpc) is 2.48. The molecule has 2 saturated carbocycles. The molecule has 1 heteroatoms. The van der Waals surface area contributed by atoms with Crippen LogP contribution in [0.2, 0.25) is 0 Å². The van der Waals surface area contributed by atoms with Gasteiger partial charge in [-0.15, -0.1) is 8.58 Å². The van der Waals surface area contributed by atoms with Crippen LogP contribution in [0.15, 0.2) is 0 Å². The second-order valence-corrected chi connectivity index (χ2v) is 10.8. The van der Waals surface area contributed by atoms with E-state index in [1.165, 1.54) is 47.1 Å². The lowest BCUT2D eigenvalue weighted by atomic mass is 9.76. The maximum absolute atomic E-state index is 2.50. The lowest BCUT2D eigenvalue weighted by molar-refractivity contribution is 0.226. The molecular formula is C22H45P. The van der Waals surface area contributed by atoms with Crippen LogP contribution >= 0.6 is 8.58 Å². The minimum atomic E-state index is 0.897. The quantitative estimate of drug-likeness (QED) is 0.462. The Kier molecular flexibility index (Phi) is 9.74. The SMILES string of the molecule is CC.CC(C)[C@H]1CC[C@H](C)CC1PC1C[C@H](C)CC[C@H]1C(C)C. The summed E-state index contributed by atoms with van der Waals surface area (Å²) in [5.74, 6) is 5.79. The van der Waals surface area contributed by atoms with Crippen LogP contribution in [-0.4, -0.2) is 11.3 Å². The Morgan fingerprint density at radius 2 is 1.00 bits per heavy atom. The topological polar surface area (TPSA) is 0 Å². The number of rotatable bonds is 4. The summed E-state index contributed by atoms with van der Waals surface area (Å²) in [4.78, 5) is 0. The van der Waals surface area contributed by atoms with Gasteiger partial charge in [0.05, 0.1) is 0 Å². The highest BCUT2D eigenvalue weighted by molar-refractivity contribution is 7.39. The zero-order valence-electron chi connectivity index (χ0n) is 17.4. The van der Waals surface area contributed by atoms with Crippen molar-refractivity contribution in [2.45, 2.75) is 105 Å².